The molecule has 0 aliphatic heterocycles. The molecule has 0 aliphatic rings. The number of rotatable bonds is 3. The third-order valence-corrected chi connectivity index (χ3v) is 2.00. The van der Waals surface area contributed by atoms with Crippen LogP contribution in [0.15, 0.2) is 18.2 Å². The monoisotopic (exact) mass is 215 g/mol. The van der Waals surface area contributed by atoms with Crippen LogP contribution in [0.5, 0.6) is 0 Å². The van der Waals surface area contributed by atoms with Crippen LogP contribution in [0.2, 0.25) is 0 Å². The number of hydrogen-bond donors (Lipinski definition) is 1. The van der Waals surface area contributed by atoms with Gasteiger partial charge in [0.2, 0.25) is 0 Å². The molecule has 0 fully saturated rings. The molecule has 0 aliphatic carbocycles. The zero-order valence-electron chi connectivity index (χ0n) is 8.17. The summed E-state index contributed by atoms with van der Waals surface area (Å²) in [5, 5.41) is 0. The predicted octanol–water partition coefficient (Wildman–Crippen LogP) is 1.53. The minimum atomic E-state index is -1.02. The van der Waals surface area contributed by atoms with Crippen LogP contribution in [0.3, 0.4) is 0 Å². The first-order valence-corrected chi connectivity index (χ1v) is 4.32. The highest BCUT2D eigenvalue weighted by molar-refractivity contribution is 5.70. The van der Waals surface area contributed by atoms with E-state index in [1.165, 1.54) is 19.2 Å². The third kappa shape index (κ3) is 2.73. The highest BCUT2D eigenvalue weighted by Crippen LogP contribution is 2.20. The molecule has 15 heavy (non-hydrogen) atoms. The van der Waals surface area contributed by atoms with Gasteiger partial charge in [-0.05, 0) is 6.07 Å². The highest BCUT2D eigenvalue weighted by atomic mass is 19.2. The number of benzene rings is 1. The summed E-state index contributed by atoms with van der Waals surface area (Å²) >= 11 is 0. The van der Waals surface area contributed by atoms with E-state index in [2.05, 4.69) is 4.74 Å². The standard InChI is InChI=1S/C10H11F2NO2/c1-15-9(14)5-8(13)6-3-2-4-7(11)10(6)12/h2-4,8H,5,13H2,1H3/t8-/m0/s1. The maximum absolute atomic E-state index is 13.2. The van der Waals surface area contributed by atoms with Gasteiger partial charge in [-0.15, -0.1) is 0 Å². The molecule has 1 rings (SSSR count). The number of carbonyl (C=O) groups is 1. The van der Waals surface area contributed by atoms with E-state index in [0.717, 1.165) is 6.07 Å². The number of hydrogen-bond acceptors (Lipinski definition) is 3. The average molecular weight is 215 g/mol. The first-order valence-electron chi connectivity index (χ1n) is 4.32. The van der Waals surface area contributed by atoms with Crippen molar-refractivity contribution < 1.29 is 18.3 Å². The quantitative estimate of drug-likeness (QED) is 0.778. The number of ether oxygens (including phenoxy) is 1. The van der Waals surface area contributed by atoms with Crippen LogP contribution in [-0.4, -0.2) is 13.1 Å². The van der Waals surface area contributed by atoms with E-state index in [1.54, 1.807) is 0 Å². The lowest BCUT2D eigenvalue weighted by molar-refractivity contribution is -0.141. The summed E-state index contributed by atoms with van der Waals surface area (Å²) in [6.07, 6.45) is -0.184. The Balaban J connectivity index is 2.86. The molecule has 0 bridgehead atoms. The van der Waals surface area contributed by atoms with E-state index in [-0.39, 0.29) is 12.0 Å². The molecule has 0 heterocycles. The predicted molar refractivity (Wildman–Crippen MR) is 49.9 cm³/mol. The summed E-state index contributed by atoms with van der Waals surface area (Å²) in [5.74, 6) is -2.56. The summed E-state index contributed by atoms with van der Waals surface area (Å²) in [5.41, 5.74) is 5.51. The Morgan fingerprint density at radius 2 is 2.20 bits per heavy atom. The molecule has 0 amide bonds. The van der Waals surface area contributed by atoms with Crippen LogP contribution in [0.25, 0.3) is 0 Å². The molecular formula is C10H11F2NO2. The summed E-state index contributed by atoms with van der Waals surface area (Å²) in [6.45, 7) is 0. The van der Waals surface area contributed by atoms with Crippen LogP contribution < -0.4 is 5.73 Å². The Morgan fingerprint density at radius 3 is 2.80 bits per heavy atom. The normalized spacial score (nSPS) is 12.3. The van der Waals surface area contributed by atoms with Gasteiger partial charge in [0.1, 0.15) is 0 Å². The van der Waals surface area contributed by atoms with Crippen LogP contribution in [-0.2, 0) is 9.53 Å². The summed E-state index contributed by atoms with van der Waals surface area (Å²) in [6, 6.07) is 2.77. The van der Waals surface area contributed by atoms with E-state index in [1.807, 2.05) is 0 Å². The maximum Gasteiger partial charge on any atom is 0.307 e. The van der Waals surface area contributed by atoms with Crippen molar-refractivity contribution in [2.24, 2.45) is 5.73 Å². The second kappa shape index (κ2) is 4.84. The summed E-state index contributed by atoms with van der Waals surface area (Å²) < 4.78 is 30.4. The SMILES string of the molecule is COC(=O)C[C@H](N)c1cccc(F)c1F. The zero-order valence-corrected chi connectivity index (χ0v) is 8.17. The molecule has 0 spiro atoms. The van der Waals surface area contributed by atoms with Crippen molar-refractivity contribution in [2.75, 3.05) is 7.11 Å². The number of methoxy groups -OCH3 is 1. The lowest BCUT2D eigenvalue weighted by atomic mass is 10.0. The van der Waals surface area contributed by atoms with Gasteiger partial charge in [-0.3, -0.25) is 4.79 Å². The number of halogens is 2. The van der Waals surface area contributed by atoms with Crippen LogP contribution in [0.1, 0.15) is 18.0 Å². The van der Waals surface area contributed by atoms with Crippen molar-refractivity contribution in [2.45, 2.75) is 12.5 Å². The molecule has 1 atom stereocenters. The smallest absolute Gasteiger partial charge is 0.307 e. The summed E-state index contributed by atoms with van der Waals surface area (Å²) in [4.78, 5) is 10.9. The lowest BCUT2D eigenvalue weighted by Crippen LogP contribution is -2.18. The molecule has 5 heteroatoms. The van der Waals surface area contributed by atoms with E-state index >= 15 is 0 Å². The Morgan fingerprint density at radius 1 is 1.53 bits per heavy atom. The molecule has 0 saturated heterocycles. The molecule has 2 N–H and O–H groups in total. The fraction of sp³-hybridized carbons (Fsp3) is 0.300. The number of esters is 1. The first-order chi connectivity index (χ1) is 7.06. The molecule has 1 aromatic rings. The molecule has 3 nitrogen and oxygen atoms in total. The molecule has 82 valence electrons. The Kier molecular flexibility index (Phi) is 3.74. The molecular weight excluding hydrogens is 204 g/mol. The molecule has 0 radical (unpaired) electrons. The molecule has 0 unspecified atom stereocenters. The largest absolute Gasteiger partial charge is 0.469 e. The van der Waals surface area contributed by atoms with Gasteiger partial charge in [-0.25, -0.2) is 8.78 Å². The number of nitrogens with two attached hydrogens (primary N) is 1. The van der Waals surface area contributed by atoms with Gasteiger partial charge in [-0.1, -0.05) is 12.1 Å². The topological polar surface area (TPSA) is 52.3 Å². The van der Waals surface area contributed by atoms with Crippen molar-refractivity contribution >= 4 is 5.97 Å². The van der Waals surface area contributed by atoms with E-state index < -0.39 is 23.6 Å². The van der Waals surface area contributed by atoms with Crippen LogP contribution >= 0.6 is 0 Å². The zero-order chi connectivity index (χ0) is 11.4. The lowest BCUT2D eigenvalue weighted by Gasteiger charge is -2.11. The minimum absolute atomic E-state index is 0.0274. The van der Waals surface area contributed by atoms with Crippen molar-refractivity contribution in [1.82, 2.24) is 0 Å². The van der Waals surface area contributed by atoms with Crippen molar-refractivity contribution in [1.29, 1.82) is 0 Å². The fourth-order valence-corrected chi connectivity index (χ4v) is 1.18. The minimum Gasteiger partial charge on any atom is -0.469 e. The number of carbonyl (C=O) groups excluding carboxylic acids is 1. The second-order valence-corrected chi connectivity index (χ2v) is 3.03. The summed E-state index contributed by atoms with van der Waals surface area (Å²) in [7, 11) is 1.21. The Hall–Kier alpha value is -1.49. The fourth-order valence-electron chi connectivity index (χ4n) is 1.18. The Labute approximate surface area is 85.8 Å². The Bertz CT molecular complexity index is 368. The van der Waals surface area contributed by atoms with Gasteiger partial charge >= 0.3 is 5.97 Å². The van der Waals surface area contributed by atoms with Gasteiger partial charge in [0.25, 0.3) is 0 Å². The van der Waals surface area contributed by atoms with Crippen molar-refractivity contribution in [3.05, 3.63) is 35.4 Å². The first kappa shape index (κ1) is 11.6. The maximum atomic E-state index is 13.2. The van der Waals surface area contributed by atoms with Gasteiger partial charge < -0.3 is 10.5 Å². The van der Waals surface area contributed by atoms with E-state index in [4.69, 9.17) is 5.73 Å². The van der Waals surface area contributed by atoms with Gasteiger partial charge in [-0.2, -0.15) is 0 Å². The van der Waals surface area contributed by atoms with Gasteiger partial charge in [0.15, 0.2) is 11.6 Å². The van der Waals surface area contributed by atoms with Crippen LogP contribution in [0, 0.1) is 11.6 Å². The highest BCUT2D eigenvalue weighted by Gasteiger charge is 2.17. The van der Waals surface area contributed by atoms with Crippen molar-refractivity contribution in [3.63, 3.8) is 0 Å². The van der Waals surface area contributed by atoms with E-state index in [9.17, 15) is 13.6 Å². The molecule has 0 saturated carbocycles. The third-order valence-electron chi connectivity index (χ3n) is 2.00. The van der Waals surface area contributed by atoms with E-state index in [0.29, 0.717) is 0 Å². The molecule has 1 aromatic carbocycles. The van der Waals surface area contributed by atoms with Gasteiger partial charge in [0.05, 0.1) is 13.5 Å². The van der Waals surface area contributed by atoms with Gasteiger partial charge in [0, 0.05) is 11.6 Å². The second-order valence-electron chi connectivity index (χ2n) is 3.03. The van der Waals surface area contributed by atoms with Crippen molar-refractivity contribution in [3.8, 4) is 0 Å². The molecule has 0 aromatic heterocycles. The van der Waals surface area contributed by atoms with Crippen LogP contribution in [0.4, 0.5) is 8.78 Å². The average Bonchev–Trinajstić information content (AvgIpc) is 2.21.